The fourth-order valence-corrected chi connectivity index (χ4v) is 12.7. The van der Waals surface area contributed by atoms with Crippen LogP contribution in [0.15, 0.2) is 0 Å². The highest BCUT2D eigenvalue weighted by Crippen LogP contribution is 2.61. The van der Waals surface area contributed by atoms with E-state index in [-0.39, 0.29) is 0 Å². The zero-order chi connectivity index (χ0) is 17.6. The lowest BCUT2D eigenvalue weighted by Crippen LogP contribution is -1.96. The van der Waals surface area contributed by atoms with Gasteiger partial charge in [0, 0.05) is 23.0 Å². The lowest BCUT2D eigenvalue weighted by Gasteiger charge is -2.20. The van der Waals surface area contributed by atoms with Crippen LogP contribution < -0.4 is 0 Å². The van der Waals surface area contributed by atoms with Gasteiger partial charge in [-0.05, 0) is 51.3 Å². The molecule has 11 heteroatoms. The van der Waals surface area contributed by atoms with E-state index in [2.05, 4.69) is 0 Å². The van der Waals surface area contributed by atoms with Crippen LogP contribution in [0.25, 0.3) is 0 Å². The second-order valence-corrected chi connectivity index (χ2v) is 17.9. The summed E-state index contributed by atoms with van der Waals surface area (Å²) < 4.78 is 22.4. The third-order valence-corrected chi connectivity index (χ3v) is 14.7. The molecule has 4 nitrogen and oxygen atoms in total. The van der Waals surface area contributed by atoms with Crippen molar-refractivity contribution >= 4 is 69.5 Å². The Balaban J connectivity index is 3.87. The van der Waals surface area contributed by atoms with Crippen LogP contribution in [0.1, 0.15) is 27.7 Å². The molecule has 0 rings (SSSR count). The molecule has 0 unspecified atom stereocenters. The van der Waals surface area contributed by atoms with Gasteiger partial charge >= 0.3 is 0 Å². The van der Waals surface area contributed by atoms with Crippen molar-refractivity contribution in [3.8, 4) is 0 Å². The zero-order valence-corrected chi connectivity index (χ0v) is 20.1. The summed E-state index contributed by atoms with van der Waals surface area (Å²) in [5.41, 5.74) is -4.28. The topological polar surface area (TPSA) is 36.9 Å². The molecule has 23 heavy (non-hydrogen) atoms. The third kappa shape index (κ3) is 13.1. The van der Waals surface area contributed by atoms with E-state index < -0.39 is 11.4 Å². The van der Waals surface area contributed by atoms with E-state index in [9.17, 15) is 0 Å². The van der Waals surface area contributed by atoms with Crippen molar-refractivity contribution in [2.75, 3.05) is 49.4 Å². The van der Waals surface area contributed by atoms with Gasteiger partial charge in [0.2, 0.25) is 11.4 Å². The lowest BCUT2D eigenvalue weighted by atomic mass is 10.9. The summed E-state index contributed by atoms with van der Waals surface area (Å²) in [7, 11) is 0. The van der Waals surface area contributed by atoms with Crippen LogP contribution in [0.4, 0.5) is 0 Å². The Hall–Kier alpha value is 2.19. The summed E-state index contributed by atoms with van der Waals surface area (Å²) in [6.45, 7) is 10.2. The molecule has 0 heterocycles. The van der Waals surface area contributed by atoms with E-state index in [1.54, 1.807) is 22.8 Å². The molecule has 0 aromatic heterocycles. The first kappa shape index (κ1) is 25.2. The summed E-state index contributed by atoms with van der Waals surface area (Å²) in [6.07, 6.45) is 0. The Labute approximate surface area is 164 Å². The third-order valence-electron chi connectivity index (χ3n) is 2.10. The molecule has 0 fully saturated rings. The Morgan fingerprint density at radius 1 is 0.609 bits per heavy atom. The predicted molar refractivity (Wildman–Crippen MR) is 117 cm³/mol. The van der Waals surface area contributed by atoms with Crippen LogP contribution in [0.5, 0.6) is 0 Å². The Bertz CT molecular complexity index is 332. The van der Waals surface area contributed by atoms with Gasteiger partial charge in [-0.25, -0.2) is 0 Å². The highest BCUT2D eigenvalue weighted by Gasteiger charge is 2.19. The molecule has 0 saturated carbocycles. The minimum absolute atomic E-state index is 0.605. The highest BCUT2D eigenvalue weighted by molar-refractivity contribution is 8.68. The second-order valence-electron chi connectivity index (χ2n) is 3.84. The van der Waals surface area contributed by atoms with Gasteiger partial charge in [0.05, 0.1) is 26.4 Å². The van der Waals surface area contributed by atoms with E-state index >= 15 is 0 Å². The van der Waals surface area contributed by atoms with Gasteiger partial charge in [0.1, 0.15) is 0 Å². The summed E-state index contributed by atoms with van der Waals surface area (Å²) in [4.78, 5) is 0. The zero-order valence-electron chi connectivity index (χ0n) is 14.2. The average Bonchev–Trinajstić information content (AvgIpc) is 2.47. The van der Waals surface area contributed by atoms with Gasteiger partial charge in [-0.2, -0.15) is 11.8 Å². The molecule has 0 aromatic carbocycles. The molecule has 0 saturated heterocycles. The van der Waals surface area contributed by atoms with Crippen LogP contribution in [0, 0.1) is 0 Å². The molecule has 0 aliphatic rings. The lowest BCUT2D eigenvalue weighted by molar-refractivity contribution is 0.280. The summed E-state index contributed by atoms with van der Waals surface area (Å²) in [5.74, 6) is 3.93. The number of thioether (sulfide) groups is 1. The van der Waals surface area contributed by atoms with Crippen LogP contribution in [0.2, 0.25) is 0 Å². The van der Waals surface area contributed by atoms with E-state index in [4.69, 9.17) is 41.7 Å². The summed E-state index contributed by atoms with van der Waals surface area (Å²) >= 11 is 16.1. The van der Waals surface area contributed by atoms with Crippen molar-refractivity contribution in [1.82, 2.24) is 0 Å². The molecule has 0 N–H and O–H groups in total. The molecule has 0 spiro atoms. The average molecular weight is 459 g/mol. The first-order chi connectivity index (χ1) is 10.9. The first-order valence-corrected chi connectivity index (χ1v) is 17.2. The van der Waals surface area contributed by atoms with Gasteiger partial charge in [-0.15, -0.1) is 0 Å². The maximum absolute atomic E-state index is 5.61. The smallest absolute Gasteiger partial charge is 0.247 e. The summed E-state index contributed by atoms with van der Waals surface area (Å²) in [6, 6.07) is 0. The van der Waals surface area contributed by atoms with Crippen molar-refractivity contribution in [2.24, 2.45) is 0 Å². The van der Waals surface area contributed by atoms with Crippen molar-refractivity contribution in [3.05, 3.63) is 0 Å². The molecular formula is C12H28O4P2S5. The van der Waals surface area contributed by atoms with E-state index in [1.165, 1.54) is 0 Å². The Morgan fingerprint density at radius 2 is 0.913 bits per heavy atom. The molecule has 0 amide bonds. The minimum Gasteiger partial charge on any atom is -0.322 e. The summed E-state index contributed by atoms with van der Waals surface area (Å²) in [5, 5.41) is 0. The second kappa shape index (κ2) is 15.3. The minimum atomic E-state index is -2.14. The van der Waals surface area contributed by atoms with Crippen molar-refractivity contribution in [1.29, 1.82) is 0 Å². The van der Waals surface area contributed by atoms with Crippen LogP contribution >= 0.6 is 45.9 Å². The fourth-order valence-electron chi connectivity index (χ4n) is 1.37. The highest BCUT2D eigenvalue weighted by atomic mass is 32.9. The molecule has 0 aliphatic heterocycles. The molecular weight excluding hydrogens is 430 g/mol. The van der Waals surface area contributed by atoms with Crippen LogP contribution in [-0.2, 0) is 41.7 Å². The largest absolute Gasteiger partial charge is 0.322 e. The van der Waals surface area contributed by atoms with Gasteiger partial charge in [-0.3, -0.25) is 0 Å². The van der Waals surface area contributed by atoms with Gasteiger partial charge < -0.3 is 18.1 Å². The molecule has 0 aliphatic carbocycles. The molecule has 0 bridgehead atoms. The van der Waals surface area contributed by atoms with E-state index in [0.717, 1.165) is 23.0 Å². The Morgan fingerprint density at radius 3 is 1.17 bits per heavy atom. The molecule has 0 aromatic rings. The SMILES string of the molecule is CCOP(=S)(OCC)SCCSCCSP(=S)(OCC)OCC. The number of hydrogen-bond donors (Lipinski definition) is 0. The normalized spacial score (nSPS) is 12.7. The molecule has 0 radical (unpaired) electrons. The monoisotopic (exact) mass is 458 g/mol. The maximum atomic E-state index is 5.61. The number of hydrogen-bond acceptors (Lipinski definition) is 9. The van der Waals surface area contributed by atoms with E-state index in [0.29, 0.717) is 26.4 Å². The quantitative estimate of drug-likeness (QED) is 0.211. The molecule has 0 atom stereocenters. The van der Waals surface area contributed by atoms with Crippen LogP contribution in [-0.4, -0.2) is 49.4 Å². The van der Waals surface area contributed by atoms with Crippen molar-refractivity contribution in [3.63, 3.8) is 0 Å². The van der Waals surface area contributed by atoms with Gasteiger partial charge in [0.15, 0.2) is 0 Å². The predicted octanol–water partition coefficient (Wildman–Crippen LogP) is 5.78. The van der Waals surface area contributed by atoms with E-state index in [1.807, 2.05) is 39.5 Å². The van der Waals surface area contributed by atoms with Crippen LogP contribution in [0.3, 0.4) is 0 Å². The van der Waals surface area contributed by atoms with Gasteiger partial charge in [-0.1, -0.05) is 22.8 Å². The fraction of sp³-hybridized carbons (Fsp3) is 1.00. The Kier molecular flexibility index (Phi) is 16.7. The van der Waals surface area contributed by atoms with Gasteiger partial charge in [0.25, 0.3) is 0 Å². The van der Waals surface area contributed by atoms with Crippen molar-refractivity contribution in [2.45, 2.75) is 27.7 Å². The standard InChI is InChI=1S/C12H28O4P2S5/c1-5-13-17(19,14-6-2)22-11-9-21-10-12-23-18(20,15-7-3)16-8-4/h5-12H2,1-4H3. The first-order valence-electron chi connectivity index (χ1n) is 7.60. The van der Waals surface area contributed by atoms with Crippen molar-refractivity contribution < 1.29 is 18.1 Å². The number of rotatable bonds is 16. The maximum Gasteiger partial charge on any atom is 0.247 e. The molecule has 140 valence electrons.